The van der Waals surface area contributed by atoms with Gasteiger partial charge in [0.25, 0.3) is 0 Å². The number of allylic oxidation sites excluding steroid dienone is 2. The lowest BCUT2D eigenvalue weighted by Gasteiger charge is -2.72. The molecule has 1 aromatic rings. The van der Waals surface area contributed by atoms with Gasteiger partial charge in [0.15, 0.2) is 0 Å². The molecule has 0 saturated heterocycles. The van der Waals surface area contributed by atoms with Crippen LogP contribution < -0.4 is 5.32 Å². The van der Waals surface area contributed by atoms with Gasteiger partial charge in [-0.25, -0.2) is 4.79 Å². The average Bonchev–Trinajstić information content (AvgIpc) is 3.41. The van der Waals surface area contributed by atoms with Crippen LogP contribution in [0.3, 0.4) is 0 Å². The molecular weight excluding hydrogens is 584 g/mol. The molecule has 0 aliphatic heterocycles. The first kappa shape index (κ1) is 34.4. The van der Waals surface area contributed by atoms with Crippen molar-refractivity contribution in [2.24, 2.45) is 56.7 Å². The minimum Gasteiger partial charge on any atom is -0.481 e. The van der Waals surface area contributed by atoms with Crippen LogP contribution in [-0.2, 0) is 4.79 Å². The number of carboxylic acids is 2. The van der Waals surface area contributed by atoms with Crippen molar-refractivity contribution in [3.63, 3.8) is 0 Å². The maximum Gasteiger partial charge on any atom is 0.335 e. The Bertz CT molecular complexity index is 1450. The molecule has 0 radical (unpaired) electrons. The van der Waals surface area contributed by atoms with Gasteiger partial charge in [0, 0.05) is 19.6 Å². The second-order valence-electron chi connectivity index (χ2n) is 17.9. The number of rotatable bonds is 9. The van der Waals surface area contributed by atoms with Crippen molar-refractivity contribution < 1.29 is 19.8 Å². The first-order valence-corrected chi connectivity index (χ1v) is 18.3. The number of likely N-dealkylation sites (N-methyl/N-ethyl adjacent to an activating group) is 1. The Morgan fingerprint density at radius 3 is 2.23 bits per heavy atom. The highest BCUT2D eigenvalue weighted by atomic mass is 16.4. The molecule has 47 heavy (non-hydrogen) atoms. The van der Waals surface area contributed by atoms with E-state index in [2.05, 4.69) is 71.6 Å². The fraction of sp³-hybridized carbons (Fsp3) is 0.707. The lowest BCUT2D eigenvalue weighted by Crippen LogP contribution is -2.66. The third-order valence-corrected chi connectivity index (χ3v) is 15.5. The van der Waals surface area contributed by atoms with Crippen LogP contribution in [0.25, 0.3) is 5.57 Å². The predicted molar refractivity (Wildman–Crippen MR) is 189 cm³/mol. The van der Waals surface area contributed by atoms with E-state index in [0.717, 1.165) is 63.7 Å². The SMILES string of the molecule is C=C(CNCCN(C)C)[C@@H]1CC[C@]2(C(=O)O)CC[C@]3(C)[C@H](CC[C@@H]4[C@@]5(C)CC=C(c6ccc(C(=O)O)cc6)C(C)(C)[C@@H]5CC[C@]43C)[C@@H]12. The molecule has 0 heterocycles. The standard InChI is InChI=1S/C41H60N2O4/c1-26(25-42-23-24-43(7)8)29-15-20-41(36(46)47)22-21-39(5)31(34(29)41)13-14-33-38(4)18-16-30(27-9-11-28(12-10-27)35(44)45)37(2,3)32(38)17-19-40(33,39)6/h9-12,16,29,31-34,42H,1,13-15,17-25H2,2-8H3,(H,44,45)(H,46,47)/t29-,31+,32-,33+,34+,38-,39+,40+,41-/m0/s1. The smallest absolute Gasteiger partial charge is 0.335 e. The normalized spacial score (nSPS) is 40.4. The van der Waals surface area contributed by atoms with Crippen LogP contribution in [0.2, 0.25) is 0 Å². The zero-order chi connectivity index (χ0) is 34.2. The number of nitrogens with zero attached hydrogens (tertiary/aromatic N) is 1. The topological polar surface area (TPSA) is 89.9 Å². The lowest BCUT2D eigenvalue weighted by atomic mass is 9.32. The molecule has 0 amide bonds. The van der Waals surface area contributed by atoms with Gasteiger partial charge in [0.05, 0.1) is 11.0 Å². The Morgan fingerprint density at radius 1 is 0.894 bits per heavy atom. The Labute approximate surface area is 283 Å². The number of benzene rings is 1. The van der Waals surface area contributed by atoms with Crippen molar-refractivity contribution in [2.75, 3.05) is 33.7 Å². The van der Waals surface area contributed by atoms with Gasteiger partial charge < -0.3 is 20.4 Å². The van der Waals surface area contributed by atoms with Crippen LogP contribution in [-0.4, -0.2) is 60.8 Å². The molecule has 4 fully saturated rings. The zero-order valence-electron chi connectivity index (χ0n) is 30.1. The Balaban J connectivity index is 1.30. The largest absolute Gasteiger partial charge is 0.481 e. The highest BCUT2D eigenvalue weighted by molar-refractivity contribution is 5.88. The maximum atomic E-state index is 13.2. The van der Waals surface area contributed by atoms with Crippen LogP contribution in [0, 0.1) is 56.7 Å². The lowest BCUT2D eigenvalue weighted by molar-refractivity contribution is -0.227. The summed E-state index contributed by atoms with van der Waals surface area (Å²) in [5.41, 5.74) is 3.80. The summed E-state index contributed by atoms with van der Waals surface area (Å²) in [6, 6.07) is 7.49. The fourth-order valence-corrected chi connectivity index (χ4v) is 13.0. The summed E-state index contributed by atoms with van der Waals surface area (Å²) in [4.78, 5) is 26.9. The number of carboxylic acid groups (broad SMARTS) is 2. The first-order chi connectivity index (χ1) is 22.0. The molecular formula is C41H60N2O4. The number of aromatic carboxylic acids is 1. The summed E-state index contributed by atoms with van der Waals surface area (Å²) in [7, 11) is 4.18. The Morgan fingerprint density at radius 2 is 1.60 bits per heavy atom. The minimum absolute atomic E-state index is 0.0320. The number of nitrogens with one attached hydrogen (secondary N) is 1. The maximum absolute atomic E-state index is 13.2. The van der Waals surface area contributed by atoms with E-state index < -0.39 is 17.4 Å². The molecule has 6 heteroatoms. The van der Waals surface area contributed by atoms with Gasteiger partial charge in [-0.05, 0) is 146 Å². The van der Waals surface area contributed by atoms with E-state index in [1.165, 1.54) is 30.4 Å². The summed E-state index contributed by atoms with van der Waals surface area (Å²) in [5, 5.41) is 23.9. The highest BCUT2D eigenvalue weighted by Crippen LogP contribution is 2.77. The quantitative estimate of drug-likeness (QED) is 0.185. The van der Waals surface area contributed by atoms with Gasteiger partial charge in [-0.15, -0.1) is 0 Å². The Kier molecular flexibility index (Phi) is 8.69. The second-order valence-corrected chi connectivity index (χ2v) is 17.9. The van der Waals surface area contributed by atoms with Crippen LogP contribution >= 0.6 is 0 Å². The summed E-state index contributed by atoms with van der Waals surface area (Å²) in [6.45, 7) is 19.9. The van der Waals surface area contributed by atoms with Crippen LogP contribution in [0.1, 0.15) is 108 Å². The average molecular weight is 645 g/mol. The molecule has 258 valence electrons. The number of aliphatic carboxylic acids is 1. The monoisotopic (exact) mass is 644 g/mol. The van der Waals surface area contributed by atoms with Crippen LogP contribution in [0.15, 0.2) is 42.5 Å². The van der Waals surface area contributed by atoms with E-state index >= 15 is 0 Å². The fourth-order valence-electron chi connectivity index (χ4n) is 13.0. The number of carbonyl (C=O) groups is 2. The number of fused-ring (bicyclic) bond motifs is 7. The first-order valence-electron chi connectivity index (χ1n) is 18.3. The molecule has 0 unspecified atom stereocenters. The van der Waals surface area contributed by atoms with E-state index in [-0.39, 0.29) is 33.5 Å². The molecule has 6 rings (SSSR count). The molecule has 1 aromatic carbocycles. The molecule has 5 aliphatic rings. The van der Waals surface area contributed by atoms with E-state index in [4.69, 9.17) is 0 Å². The molecule has 0 spiro atoms. The van der Waals surface area contributed by atoms with Crippen LogP contribution in [0.5, 0.6) is 0 Å². The summed E-state index contributed by atoms with van der Waals surface area (Å²) >= 11 is 0. The zero-order valence-corrected chi connectivity index (χ0v) is 30.1. The Hall–Kier alpha value is -2.44. The molecule has 6 nitrogen and oxygen atoms in total. The van der Waals surface area contributed by atoms with Gasteiger partial charge in [-0.2, -0.15) is 0 Å². The highest BCUT2D eigenvalue weighted by Gasteiger charge is 2.71. The molecule has 9 atom stereocenters. The van der Waals surface area contributed by atoms with Crippen molar-refractivity contribution in [3.05, 3.63) is 53.6 Å². The minimum atomic E-state index is -0.884. The van der Waals surface area contributed by atoms with Crippen LogP contribution in [0.4, 0.5) is 0 Å². The van der Waals surface area contributed by atoms with Gasteiger partial charge in [-0.1, -0.05) is 65.0 Å². The van der Waals surface area contributed by atoms with Crippen molar-refractivity contribution in [2.45, 2.75) is 92.4 Å². The van der Waals surface area contributed by atoms with E-state index in [1.54, 1.807) is 12.1 Å². The molecule has 3 N–H and O–H groups in total. The van der Waals surface area contributed by atoms with Gasteiger partial charge in [0.1, 0.15) is 0 Å². The van der Waals surface area contributed by atoms with E-state index in [9.17, 15) is 19.8 Å². The van der Waals surface area contributed by atoms with Crippen molar-refractivity contribution in [3.8, 4) is 0 Å². The van der Waals surface area contributed by atoms with Crippen molar-refractivity contribution in [1.29, 1.82) is 0 Å². The second kappa shape index (κ2) is 11.9. The van der Waals surface area contributed by atoms with E-state index in [1.807, 2.05) is 12.1 Å². The van der Waals surface area contributed by atoms with E-state index in [0.29, 0.717) is 23.3 Å². The third kappa shape index (κ3) is 5.09. The molecule has 5 aliphatic carbocycles. The molecule has 0 aromatic heterocycles. The number of hydrogen-bond donors (Lipinski definition) is 3. The molecule has 4 saturated carbocycles. The summed E-state index contributed by atoms with van der Waals surface area (Å²) in [5.74, 6) is 0.483. The molecule has 0 bridgehead atoms. The van der Waals surface area contributed by atoms with Gasteiger partial charge in [0.2, 0.25) is 0 Å². The third-order valence-electron chi connectivity index (χ3n) is 15.5. The van der Waals surface area contributed by atoms with Gasteiger partial charge >= 0.3 is 11.9 Å². The predicted octanol–water partition coefficient (Wildman–Crippen LogP) is 8.25. The van der Waals surface area contributed by atoms with Gasteiger partial charge in [-0.3, -0.25) is 4.79 Å². The number of hydrogen-bond acceptors (Lipinski definition) is 4. The van der Waals surface area contributed by atoms with Crippen molar-refractivity contribution in [1.82, 2.24) is 10.2 Å². The summed E-state index contributed by atoms with van der Waals surface area (Å²) in [6.07, 6.45) is 11.7. The van der Waals surface area contributed by atoms with Crippen molar-refractivity contribution >= 4 is 17.5 Å². The summed E-state index contributed by atoms with van der Waals surface area (Å²) < 4.78 is 0.